The van der Waals surface area contributed by atoms with E-state index in [2.05, 4.69) is 16.0 Å². The molecule has 1 saturated carbocycles. The molecule has 1 aromatic heterocycles. The zero-order valence-corrected chi connectivity index (χ0v) is 39.6. The number of sulfonamides is 2. The summed E-state index contributed by atoms with van der Waals surface area (Å²) in [5.41, 5.74) is 3.24. The summed E-state index contributed by atoms with van der Waals surface area (Å²) < 4.78 is 77.4. The molecule has 2 saturated heterocycles. The highest BCUT2D eigenvalue weighted by Crippen LogP contribution is 2.35. The van der Waals surface area contributed by atoms with E-state index >= 15 is 0 Å². The quantitative estimate of drug-likeness (QED) is 0.0552. The third kappa shape index (κ3) is 11.9. The first kappa shape index (κ1) is 48.3. The average molecular weight is 975 g/mol. The van der Waals surface area contributed by atoms with Gasteiger partial charge in [-0.25, -0.2) is 16.8 Å². The van der Waals surface area contributed by atoms with Gasteiger partial charge in [0.25, 0.3) is 5.91 Å². The van der Waals surface area contributed by atoms with Crippen LogP contribution in [0.5, 0.6) is 5.75 Å². The summed E-state index contributed by atoms with van der Waals surface area (Å²) in [7, 11) is -8.03. The van der Waals surface area contributed by atoms with Gasteiger partial charge in [-0.1, -0.05) is 48.7 Å². The first-order valence-corrected chi connectivity index (χ1v) is 26.1. The lowest BCUT2D eigenvalue weighted by atomic mass is 9.90. The maximum absolute atomic E-state index is 14.4. The normalized spacial score (nSPS) is 17.6. The van der Waals surface area contributed by atoms with Crippen molar-refractivity contribution in [1.82, 2.24) is 24.6 Å². The highest BCUT2D eigenvalue weighted by Gasteiger charge is 2.35. The Labute approximate surface area is 396 Å². The third-order valence-corrected chi connectivity index (χ3v) is 16.8. The summed E-state index contributed by atoms with van der Waals surface area (Å²) in [4.78, 5) is 37.1. The van der Waals surface area contributed by atoms with E-state index in [1.54, 1.807) is 65.2 Å². The molecule has 15 nitrogen and oxygen atoms in total. The van der Waals surface area contributed by atoms with Gasteiger partial charge in [0.15, 0.2) is 0 Å². The van der Waals surface area contributed by atoms with Crippen LogP contribution in [0.1, 0.15) is 84.3 Å². The van der Waals surface area contributed by atoms with Crippen molar-refractivity contribution in [3.63, 3.8) is 0 Å². The summed E-state index contributed by atoms with van der Waals surface area (Å²) in [6.07, 6.45) is 7.27. The van der Waals surface area contributed by atoms with Crippen molar-refractivity contribution in [3.8, 4) is 5.75 Å². The predicted octanol–water partition coefficient (Wildman–Crippen LogP) is 6.76. The number of nitrogens with one attached hydrogen (secondary N) is 3. The van der Waals surface area contributed by atoms with Crippen LogP contribution in [0.3, 0.4) is 0 Å². The van der Waals surface area contributed by atoms with Crippen molar-refractivity contribution < 1.29 is 45.1 Å². The molecule has 356 valence electrons. The smallest absolute Gasteiger partial charge is 0.251 e. The Kier molecular flexibility index (Phi) is 15.8. The molecule has 8 rings (SSSR count). The minimum absolute atomic E-state index is 0.00617. The number of furan rings is 1. The SMILES string of the molecule is O=C1CCC(c2coc3ccc(OCCOCCNC(=O)c4ccc(CN(CC5CCNCC5)S(=O)(=O)c5ccc(S(=O)(=O)N(Cc6ccc(Cl)cc6)C6CCCC6)cc5)cc4)cc23)C(=O)N1. The van der Waals surface area contributed by atoms with Gasteiger partial charge in [0.1, 0.15) is 17.9 Å². The van der Waals surface area contributed by atoms with Crippen LogP contribution in [-0.2, 0) is 47.5 Å². The monoisotopic (exact) mass is 973 g/mol. The number of carbonyl (C=O) groups is 3. The first-order chi connectivity index (χ1) is 32.3. The molecule has 3 N–H and O–H groups in total. The molecule has 0 radical (unpaired) electrons. The Morgan fingerprint density at radius 1 is 0.776 bits per heavy atom. The second-order valence-corrected chi connectivity index (χ2v) is 21.6. The summed E-state index contributed by atoms with van der Waals surface area (Å²) in [6, 6.07) is 24.7. The standard InChI is InChI=1S/C49H56ClN5O10S2/c50-38-11-7-35(8-12-38)32-55(39-3-1-2-4-39)67(61,62)42-16-14-41(15-17-42)66(59,60)54(31-36-21-23-51-24-22-36)30-34-5-9-37(10-6-34)48(57)52-25-26-63-27-28-64-40-13-19-46-44(29-40)45(33-65-46)43-18-20-47(56)53-49(43)58/h5-17,19,29,33,36,39,43,51H,1-4,18,20-28,30-32H2,(H,52,57)(H,53,56,58). The number of amides is 3. The van der Waals surface area contributed by atoms with Crippen LogP contribution in [0.4, 0.5) is 0 Å². The Bertz CT molecular complexity index is 2740. The molecule has 1 aliphatic carbocycles. The minimum Gasteiger partial charge on any atom is -0.491 e. The number of fused-ring (bicyclic) bond motifs is 1. The lowest BCUT2D eigenvalue weighted by molar-refractivity contribution is -0.134. The number of nitrogens with zero attached hydrogens (tertiary/aromatic N) is 2. The number of halogens is 1. The Morgan fingerprint density at radius 2 is 1.45 bits per heavy atom. The van der Waals surface area contributed by atoms with Gasteiger partial charge in [-0.3, -0.25) is 19.7 Å². The minimum atomic E-state index is -4.07. The largest absolute Gasteiger partial charge is 0.491 e. The summed E-state index contributed by atoms with van der Waals surface area (Å²) in [5.74, 6) is -0.697. The molecule has 0 spiro atoms. The van der Waals surface area contributed by atoms with Crippen molar-refractivity contribution in [2.45, 2.75) is 86.2 Å². The molecule has 67 heavy (non-hydrogen) atoms. The van der Waals surface area contributed by atoms with Gasteiger partial charge in [-0.2, -0.15) is 8.61 Å². The molecule has 1 unspecified atom stereocenters. The van der Waals surface area contributed by atoms with E-state index in [0.717, 1.165) is 62.6 Å². The van der Waals surface area contributed by atoms with Gasteiger partial charge in [0.05, 0.1) is 35.2 Å². The molecule has 0 bridgehead atoms. The number of hydrogen-bond donors (Lipinski definition) is 3. The van der Waals surface area contributed by atoms with Crippen molar-refractivity contribution >= 4 is 60.3 Å². The number of imide groups is 1. The van der Waals surface area contributed by atoms with E-state index in [0.29, 0.717) is 46.0 Å². The van der Waals surface area contributed by atoms with E-state index in [1.807, 2.05) is 12.1 Å². The topological polar surface area (TPSA) is 194 Å². The van der Waals surface area contributed by atoms with Gasteiger partial charge >= 0.3 is 0 Å². The lowest BCUT2D eigenvalue weighted by Gasteiger charge is -2.30. The van der Waals surface area contributed by atoms with Gasteiger partial charge in [0.2, 0.25) is 31.9 Å². The van der Waals surface area contributed by atoms with Crippen LogP contribution < -0.4 is 20.7 Å². The van der Waals surface area contributed by atoms with Gasteiger partial charge in [-0.15, -0.1) is 0 Å². The molecule has 3 fully saturated rings. The Hall–Kier alpha value is -5.14. The molecule has 4 aromatic carbocycles. The maximum atomic E-state index is 14.4. The number of rotatable bonds is 20. The molecule has 5 aromatic rings. The number of piperidine rings is 2. The van der Waals surface area contributed by atoms with E-state index in [-0.39, 0.29) is 85.3 Å². The second kappa shape index (κ2) is 21.9. The van der Waals surface area contributed by atoms with Crippen LogP contribution in [0.25, 0.3) is 11.0 Å². The zero-order valence-electron chi connectivity index (χ0n) is 37.2. The van der Waals surface area contributed by atoms with E-state index < -0.39 is 26.0 Å². The molecule has 18 heteroatoms. The summed E-state index contributed by atoms with van der Waals surface area (Å²) in [5, 5.41) is 9.88. The molecule has 2 aliphatic heterocycles. The van der Waals surface area contributed by atoms with Gasteiger partial charge in [0, 0.05) is 60.2 Å². The number of benzene rings is 4. The number of hydrogen-bond acceptors (Lipinski definition) is 11. The fraction of sp³-hybridized carbons (Fsp3) is 0.408. The lowest BCUT2D eigenvalue weighted by Crippen LogP contribution is -2.39. The Balaban J connectivity index is 0.845. The second-order valence-electron chi connectivity index (χ2n) is 17.3. The number of carbonyl (C=O) groups excluding carboxylic acids is 3. The van der Waals surface area contributed by atoms with Crippen LogP contribution in [0.15, 0.2) is 111 Å². The molecule has 3 aliphatic rings. The highest BCUT2D eigenvalue weighted by molar-refractivity contribution is 7.89. The summed E-state index contributed by atoms with van der Waals surface area (Å²) in [6.45, 7) is 3.13. The zero-order chi connectivity index (χ0) is 47.0. The van der Waals surface area contributed by atoms with Crippen LogP contribution >= 0.6 is 11.6 Å². The highest BCUT2D eigenvalue weighted by atomic mass is 35.5. The molecule has 3 heterocycles. The Morgan fingerprint density at radius 3 is 2.15 bits per heavy atom. The van der Waals surface area contributed by atoms with E-state index in [9.17, 15) is 31.2 Å². The van der Waals surface area contributed by atoms with Gasteiger partial charge in [-0.05, 0) is 129 Å². The molecular formula is C49H56ClN5O10S2. The predicted molar refractivity (Wildman–Crippen MR) is 252 cm³/mol. The number of ether oxygens (including phenoxy) is 2. The molecule has 1 atom stereocenters. The van der Waals surface area contributed by atoms with E-state index in [4.69, 9.17) is 25.5 Å². The molecular weight excluding hydrogens is 918 g/mol. The van der Waals surface area contributed by atoms with Crippen LogP contribution in [0.2, 0.25) is 5.02 Å². The first-order valence-electron chi connectivity index (χ1n) is 22.8. The van der Waals surface area contributed by atoms with Crippen LogP contribution in [-0.4, -0.2) is 95.2 Å². The fourth-order valence-electron chi connectivity index (χ4n) is 9.04. The van der Waals surface area contributed by atoms with Gasteiger partial charge < -0.3 is 24.5 Å². The summed E-state index contributed by atoms with van der Waals surface area (Å²) >= 11 is 6.10. The van der Waals surface area contributed by atoms with Crippen molar-refractivity contribution in [2.24, 2.45) is 5.92 Å². The van der Waals surface area contributed by atoms with Crippen LogP contribution in [0, 0.1) is 5.92 Å². The average Bonchev–Trinajstić information content (AvgIpc) is 4.02. The third-order valence-electron chi connectivity index (χ3n) is 12.8. The fourth-order valence-corrected chi connectivity index (χ4v) is 12.3. The maximum Gasteiger partial charge on any atom is 0.251 e. The van der Waals surface area contributed by atoms with E-state index in [1.165, 1.54) is 28.6 Å². The van der Waals surface area contributed by atoms with Crippen molar-refractivity contribution in [2.75, 3.05) is 46.0 Å². The molecule has 3 amide bonds. The van der Waals surface area contributed by atoms with Crippen molar-refractivity contribution in [1.29, 1.82) is 0 Å². The van der Waals surface area contributed by atoms with Crippen molar-refractivity contribution in [3.05, 3.63) is 125 Å².